The van der Waals surface area contributed by atoms with E-state index in [1.165, 1.54) is 63.4 Å². The van der Waals surface area contributed by atoms with Crippen molar-refractivity contribution in [3.63, 3.8) is 0 Å². The van der Waals surface area contributed by atoms with Crippen molar-refractivity contribution in [3.05, 3.63) is 41.2 Å². The third kappa shape index (κ3) is 6.33. The van der Waals surface area contributed by atoms with Gasteiger partial charge in [-0.3, -0.25) is 0 Å². The predicted octanol–water partition coefficient (Wildman–Crippen LogP) is 7.74. The summed E-state index contributed by atoms with van der Waals surface area (Å²) in [6, 6.07) is 3.95. The molecule has 0 N–H and O–H groups in total. The highest BCUT2D eigenvalue weighted by molar-refractivity contribution is 5.39. The van der Waals surface area contributed by atoms with Crippen LogP contribution in [0.25, 0.3) is 0 Å². The summed E-state index contributed by atoms with van der Waals surface area (Å²) in [6.07, 6.45) is 16.5. The fourth-order valence-corrected chi connectivity index (χ4v) is 5.30. The molecule has 0 radical (unpaired) electrons. The summed E-state index contributed by atoms with van der Waals surface area (Å²) in [5.74, 6) is 2.21. The molecule has 1 aromatic rings. The lowest BCUT2D eigenvalue weighted by Crippen LogP contribution is -2.30. The zero-order chi connectivity index (χ0) is 21.3. The summed E-state index contributed by atoms with van der Waals surface area (Å²) in [6.45, 7) is 7.50. The quantitative estimate of drug-likeness (QED) is 0.383. The first-order valence-corrected chi connectivity index (χ1v) is 12.3. The molecule has 1 saturated heterocycles. The molecule has 1 aliphatic heterocycles. The highest BCUT2D eigenvalue weighted by Crippen LogP contribution is 2.40. The predicted molar refractivity (Wildman–Crippen MR) is 123 cm³/mol. The van der Waals surface area contributed by atoms with Crippen LogP contribution < -0.4 is 4.74 Å². The molecule has 30 heavy (non-hydrogen) atoms. The van der Waals surface area contributed by atoms with Crippen molar-refractivity contribution in [2.24, 2.45) is 11.8 Å². The minimum Gasteiger partial charge on any atom is -0.488 e. The molecule has 1 aromatic carbocycles. The Morgan fingerprint density at radius 1 is 1.07 bits per heavy atom. The Labute approximate surface area is 183 Å². The molecule has 0 bridgehead atoms. The molecule has 2 aliphatic rings. The first-order chi connectivity index (χ1) is 14.6. The second-order valence-electron chi connectivity index (χ2n) is 9.45. The number of hydrogen-bond acceptors (Lipinski definition) is 2. The third-order valence-corrected chi connectivity index (χ3v) is 7.24. The van der Waals surface area contributed by atoms with E-state index in [4.69, 9.17) is 9.47 Å². The van der Waals surface area contributed by atoms with Crippen molar-refractivity contribution in [3.8, 4) is 5.75 Å². The topological polar surface area (TPSA) is 18.5 Å². The first kappa shape index (κ1) is 23.3. The van der Waals surface area contributed by atoms with Crippen LogP contribution in [0.2, 0.25) is 0 Å². The molecule has 2 atom stereocenters. The summed E-state index contributed by atoms with van der Waals surface area (Å²) in [5, 5.41) is 0. The molecule has 168 valence electrons. The summed E-state index contributed by atoms with van der Waals surface area (Å²) in [4.78, 5) is 0. The monoisotopic (exact) mass is 416 g/mol. The van der Waals surface area contributed by atoms with Gasteiger partial charge in [-0.15, -0.1) is 0 Å². The van der Waals surface area contributed by atoms with Gasteiger partial charge in [-0.25, -0.2) is 4.39 Å². The maximum absolute atomic E-state index is 15.0. The van der Waals surface area contributed by atoms with Gasteiger partial charge in [0.15, 0.2) is 11.6 Å². The Kier molecular flexibility index (Phi) is 9.24. The van der Waals surface area contributed by atoms with Crippen LogP contribution in [0.5, 0.6) is 5.75 Å². The highest BCUT2D eigenvalue weighted by atomic mass is 19.1. The van der Waals surface area contributed by atoms with Crippen LogP contribution in [0.15, 0.2) is 24.3 Å². The average molecular weight is 417 g/mol. The zero-order valence-corrected chi connectivity index (χ0v) is 19.3. The smallest absolute Gasteiger partial charge is 0.168 e. The standard InChI is InChI=1S/C27H41FO2/c1-4-6-7-9-21-10-13-23(14-11-21)25-16-17-26(27(28)20(25)3)30-19-24-15-12-22(8-5-2)18-29-24/h4,6,16-17,21-24H,5,7-15,18-19H2,1-3H3/b6-4+. The summed E-state index contributed by atoms with van der Waals surface area (Å²) < 4.78 is 26.9. The molecule has 3 heteroatoms. The van der Waals surface area contributed by atoms with Gasteiger partial charge in [0.2, 0.25) is 0 Å². The van der Waals surface area contributed by atoms with Gasteiger partial charge in [-0.2, -0.15) is 0 Å². The van der Waals surface area contributed by atoms with Crippen LogP contribution in [0.4, 0.5) is 4.39 Å². The Bertz CT molecular complexity index is 668. The van der Waals surface area contributed by atoms with Gasteiger partial charge in [0.1, 0.15) is 6.61 Å². The van der Waals surface area contributed by atoms with Crippen molar-refractivity contribution in [2.45, 2.75) is 97.0 Å². The van der Waals surface area contributed by atoms with Gasteiger partial charge in [-0.05, 0) is 107 Å². The van der Waals surface area contributed by atoms with Crippen molar-refractivity contribution in [1.29, 1.82) is 0 Å². The van der Waals surface area contributed by atoms with Crippen LogP contribution in [-0.2, 0) is 4.74 Å². The summed E-state index contributed by atoms with van der Waals surface area (Å²) in [5.41, 5.74) is 1.96. The number of hydrogen-bond donors (Lipinski definition) is 0. The van der Waals surface area contributed by atoms with Crippen LogP contribution >= 0.6 is 0 Å². The van der Waals surface area contributed by atoms with Gasteiger partial charge in [-0.1, -0.05) is 31.6 Å². The number of benzene rings is 1. The van der Waals surface area contributed by atoms with E-state index in [9.17, 15) is 0 Å². The Balaban J connectivity index is 1.50. The molecule has 0 amide bonds. The minimum absolute atomic E-state index is 0.0929. The van der Waals surface area contributed by atoms with E-state index >= 15 is 4.39 Å². The molecule has 1 aliphatic carbocycles. The van der Waals surface area contributed by atoms with Crippen LogP contribution in [0, 0.1) is 24.6 Å². The Morgan fingerprint density at radius 2 is 1.83 bits per heavy atom. The van der Waals surface area contributed by atoms with Crippen LogP contribution in [0.1, 0.15) is 95.1 Å². The maximum Gasteiger partial charge on any atom is 0.168 e. The van der Waals surface area contributed by atoms with E-state index in [-0.39, 0.29) is 11.9 Å². The molecule has 1 heterocycles. The SMILES string of the molecule is C/C=C/CCC1CCC(c2ccc(OCC3CCC(CCC)CO3)c(F)c2C)CC1. The van der Waals surface area contributed by atoms with Gasteiger partial charge in [0.25, 0.3) is 0 Å². The van der Waals surface area contributed by atoms with E-state index < -0.39 is 0 Å². The van der Waals surface area contributed by atoms with Crippen LogP contribution in [-0.4, -0.2) is 19.3 Å². The third-order valence-electron chi connectivity index (χ3n) is 7.24. The molecule has 0 spiro atoms. The Morgan fingerprint density at radius 3 is 2.50 bits per heavy atom. The molecule has 1 saturated carbocycles. The van der Waals surface area contributed by atoms with Crippen molar-refractivity contribution >= 4 is 0 Å². The lowest BCUT2D eigenvalue weighted by Gasteiger charge is -2.30. The highest BCUT2D eigenvalue weighted by Gasteiger charge is 2.26. The number of ether oxygens (including phenoxy) is 2. The fourth-order valence-electron chi connectivity index (χ4n) is 5.30. The van der Waals surface area contributed by atoms with E-state index in [0.29, 0.717) is 24.2 Å². The van der Waals surface area contributed by atoms with Gasteiger partial charge < -0.3 is 9.47 Å². The van der Waals surface area contributed by atoms with Gasteiger partial charge >= 0.3 is 0 Å². The molecule has 2 fully saturated rings. The molecular formula is C27H41FO2. The molecule has 2 unspecified atom stereocenters. The normalized spacial score (nSPS) is 27.5. The second-order valence-corrected chi connectivity index (χ2v) is 9.45. The molecule has 2 nitrogen and oxygen atoms in total. The second kappa shape index (κ2) is 11.9. The van der Waals surface area contributed by atoms with E-state index in [1.807, 2.05) is 13.0 Å². The van der Waals surface area contributed by atoms with E-state index in [2.05, 4.69) is 32.1 Å². The van der Waals surface area contributed by atoms with Crippen molar-refractivity contribution in [2.75, 3.05) is 13.2 Å². The summed E-state index contributed by atoms with van der Waals surface area (Å²) >= 11 is 0. The largest absolute Gasteiger partial charge is 0.488 e. The lowest BCUT2D eigenvalue weighted by atomic mass is 9.76. The molecular weight excluding hydrogens is 375 g/mol. The van der Waals surface area contributed by atoms with Gasteiger partial charge in [0.05, 0.1) is 6.10 Å². The van der Waals surface area contributed by atoms with E-state index in [1.54, 1.807) is 0 Å². The fraction of sp³-hybridized carbons (Fsp3) is 0.704. The summed E-state index contributed by atoms with van der Waals surface area (Å²) in [7, 11) is 0. The Hall–Kier alpha value is -1.35. The first-order valence-electron chi connectivity index (χ1n) is 12.3. The molecule has 3 rings (SSSR count). The number of rotatable bonds is 9. The van der Waals surface area contributed by atoms with Crippen LogP contribution in [0.3, 0.4) is 0 Å². The lowest BCUT2D eigenvalue weighted by molar-refractivity contribution is -0.0396. The zero-order valence-electron chi connectivity index (χ0n) is 19.3. The number of halogens is 1. The van der Waals surface area contributed by atoms with Crippen molar-refractivity contribution < 1.29 is 13.9 Å². The molecule has 0 aromatic heterocycles. The minimum atomic E-state index is -0.178. The maximum atomic E-state index is 15.0. The van der Waals surface area contributed by atoms with Crippen molar-refractivity contribution in [1.82, 2.24) is 0 Å². The van der Waals surface area contributed by atoms with E-state index in [0.717, 1.165) is 24.5 Å². The number of allylic oxidation sites excluding steroid dienone is 2. The van der Waals surface area contributed by atoms with Gasteiger partial charge in [0, 0.05) is 6.61 Å². The average Bonchev–Trinajstić information content (AvgIpc) is 2.77.